The summed E-state index contributed by atoms with van der Waals surface area (Å²) in [5.41, 5.74) is 12.4. The Bertz CT molecular complexity index is 495. The van der Waals surface area contributed by atoms with Crippen molar-refractivity contribution in [1.29, 1.82) is 0 Å². The molecule has 1 spiro atoms. The number of nitrogens with two attached hydrogens (primary N) is 1. The monoisotopic (exact) mass is 370 g/mol. The number of hydrogen-bond acceptors (Lipinski definition) is 4. The number of rotatable bonds is 4. The van der Waals surface area contributed by atoms with E-state index in [1.165, 1.54) is 10.1 Å². The molecular formula is C17H27BrN2O2. The van der Waals surface area contributed by atoms with Gasteiger partial charge in [-0.2, -0.15) is 0 Å². The van der Waals surface area contributed by atoms with Gasteiger partial charge in [0.2, 0.25) is 0 Å². The summed E-state index contributed by atoms with van der Waals surface area (Å²) in [7, 11) is 3.62. The molecule has 0 aromatic carbocycles. The smallest absolute Gasteiger partial charge is 0.0909 e. The number of methoxy groups -OCH3 is 1. The first kappa shape index (κ1) is 16.7. The summed E-state index contributed by atoms with van der Waals surface area (Å²) >= 11 is 3.67. The third-order valence-electron chi connectivity index (χ3n) is 5.99. The Morgan fingerprint density at radius 3 is 2.73 bits per heavy atom. The van der Waals surface area contributed by atoms with Crippen LogP contribution in [0.4, 0.5) is 0 Å². The minimum atomic E-state index is -0.399. The number of hydrogen-bond donors (Lipinski definition) is 2. The topological polar surface area (TPSA) is 56.5 Å². The minimum absolute atomic E-state index is 0.123. The highest BCUT2D eigenvalue weighted by molar-refractivity contribution is 9.11. The molecule has 0 bridgehead atoms. The molecule has 22 heavy (non-hydrogen) atoms. The van der Waals surface area contributed by atoms with Crippen LogP contribution in [0.25, 0.3) is 0 Å². The van der Waals surface area contributed by atoms with E-state index in [0.717, 1.165) is 44.9 Å². The molecule has 0 aromatic rings. The fraction of sp³-hybridized carbons (Fsp3) is 0.765. The molecule has 0 amide bonds. The van der Waals surface area contributed by atoms with Gasteiger partial charge in [-0.1, -0.05) is 21.5 Å². The SMILES string of the molecule is CNOCC1(N)C2=C(CCC(Br)=C2)CC12CCC(OC)CC2. The quantitative estimate of drug-likeness (QED) is 0.746. The first-order valence-corrected chi connectivity index (χ1v) is 9.03. The summed E-state index contributed by atoms with van der Waals surface area (Å²) < 4.78 is 6.82. The normalized spacial score (nSPS) is 38.4. The van der Waals surface area contributed by atoms with Crippen LogP contribution in [0, 0.1) is 5.41 Å². The van der Waals surface area contributed by atoms with Crippen molar-refractivity contribution < 1.29 is 9.57 Å². The Balaban J connectivity index is 1.91. The average Bonchev–Trinajstić information content (AvgIpc) is 2.76. The molecule has 0 saturated heterocycles. The summed E-state index contributed by atoms with van der Waals surface area (Å²) in [6, 6.07) is 0. The minimum Gasteiger partial charge on any atom is -0.381 e. The molecule has 1 fully saturated rings. The highest BCUT2D eigenvalue weighted by Crippen LogP contribution is 2.59. The van der Waals surface area contributed by atoms with E-state index in [1.54, 1.807) is 12.6 Å². The van der Waals surface area contributed by atoms with Gasteiger partial charge in [0.1, 0.15) is 0 Å². The van der Waals surface area contributed by atoms with E-state index in [0.29, 0.717) is 12.7 Å². The van der Waals surface area contributed by atoms with Crippen molar-refractivity contribution >= 4 is 15.9 Å². The lowest BCUT2D eigenvalue weighted by molar-refractivity contribution is -0.0410. The number of halogens is 1. The van der Waals surface area contributed by atoms with Crippen molar-refractivity contribution in [1.82, 2.24) is 5.48 Å². The van der Waals surface area contributed by atoms with Crippen LogP contribution >= 0.6 is 15.9 Å². The average molecular weight is 371 g/mol. The second-order valence-electron chi connectivity index (χ2n) is 6.96. The molecule has 124 valence electrons. The van der Waals surface area contributed by atoms with Gasteiger partial charge >= 0.3 is 0 Å². The Kier molecular flexibility index (Phi) is 4.82. The van der Waals surface area contributed by atoms with Crippen LogP contribution in [0.5, 0.6) is 0 Å². The van der Waals surface area contributed by atoms with E-state index in [4.69, 9.17) is 15.3 Å². The zero-order valence-electron chi connectivity index (χ0n) is 13.6. The van der Waals surface area contributed by atoms with Crippen molar-refractivity contribution in [2.75, 3.05) is 20.8 Å². The lowest BCUT2D eigenvalue weighted by Gasteiger charge is -2.48. The van der Waals surface area contributed by atoms with Gasteiger partial charge in [-0.05, 0) is 66.5 Å². The molecule has 0 aromatic heterocycles. The number of allylic oxidation sites excluding steroid dienone is 2. The molecule has 3 rings (SSSR count). The van der Waals surface area contributed by atoms with Gasteiger partial charge < -0.3 is 10.5 Å². The highest BCUT2D eigenvalue weighted by atomic mass is 79.9. The Hall–Kier alpha value is -0.200. The highest BCUT2D eigenvalue weighted by Gasteiger charge is 2.57. The largest absolute Gasteiger partial charge is 0.381 e. The molecule has 3 N–H and O–H groups in total. The second-order valence-corrected chi connectivity index (χ2v) is 7.98. The van der Waals surface area contributed by atoms with Crippen LogP contribution in [0.1, 0.15) is 44.9 Å². The summed E-state index contributed by atoms with van der Waals surface area (Å²) in [6.07, 6.45) is 10.4. The van der Waals surface area contributed by atoms with Gasteiger partial charge in [0, 0.05) is 14.2 Å². The maximum Gasteiger partial charge on any atom is 0.0909 e. The van der Waals surface area contributed by atoms with E-state index in [9.17, 15) is 0 Å². The van der Waals surface area contributed by atoms with Crippen LogP contribution < -0.4 is 11.2 Å². The van der Waals surface area contributed by atoms with Gasteiger partial charge in [-0.15, -0.1) is 0 Å². The van der Waals surface area contributed by atoms with E-state index in [-0.39, 0.29) is 5.41 Å². The van der Waals surface area contributed by atoms with Crippen molar-refractivity contribution in [3.63, 3.8) is 0 Å². The maximum absolute atomic E-state index is 7.03. The summed E-state index contributed by atoms with van der Waals surface area (Å²) in [4.78, 5) is 5.60. The predicted molar refractivity (Wildman–Crippen MR) is 91.5 cm³/mol. The van der Waals surface area contributed by atoms with Crippen LogP contribution in [0.3, 0.4) is 0 Å². The Morgan fingerprint density at radius 2 is 2.09 bits per heavy atom. The first-order valence-electron chi connectivity index (χ1n) is 8.23. The predicted octanol–water partition coefficient (Wildman–Crippen LogP) is 3.18. The van der Waals surface area contributed by atoms with Crippen LogP contribution in [0.2, 0.25) is 0 Å². The van der Waals surface area contributed by atoms with E-state index < -0.39 is 5.54 Å². The third kappa shape index (κ3) is 2.61. The molecule has 0 heterocycles. The lowest BCUT2D eigenvalue weighted by atomic mass is 9.61. The summed E-state index contributed by atoms with van der Waals surface area (Å²) in [5.74, 6) is 0. The number of hydroxylamine groups is 1. The maximum atomic E-state index is 7.03. The summed E-state index contributed by atoms with van der Waals surface area (Å²) in [6.45, 7) is 0.525. The van der Waals surface area contributed by atoms with Crippen molar-refractivity contribution in [2.45, 2.75) is 56.6 Å². The molecule has 0 radical (unpaired) electrons. The van der Waals surface area contributed by atoms with E-state index in [2.05, 4.69) is 27.5 Å². The second kappa shape index (κ2) is 6.36. The van der Waals surface area contributed by atoms with Crippen LogP contribution in [-0.2, 0) is 9.57 Å². The van der Waals surface area contributed by atoms with E-state index >= 15 is 0 Å². The lowest BCUT2D eigenvalue weighted by Crippen LogP contribution is -2.59. The fourth-order valence-corrected chi connectivity index (χ4v) is 5.06. The van der Waals surface area contributed by atoms with Crippen molar-refractivity contribution in [3.8, 4) is 0 Å². The van der Waals surface area contributed by atoms with Gasteiger partial charge in [0.05, 0.1) is 18.2 Å². The molecule has 0 aliphatic heterocycles. The Labute approximate surface area is 141 Å². The fourth-order valence-electron chi connectivity index (χ4n) is 4.63. The summed E-state index contributed by atoms with van der Waals surface area (Å²) in [5, 5.41) is 0. The van der Waals surface area contributed by atoms with Crippen molar-refractivity contribution in [2.24, 2.45) is 11.1 Å². The Morgan fingerprint density at radius 1 is 1.36 bits per heavy atom. The molecule has 1 saturated carbocycles. The van der Waals surface area contributed by atoms with Crippen LogP contribution in [-0.4, -0.2) is 32.4 Å². The zero-order valence-corrected chi connectivity index (χ0v) is 15.2. The third-order valence-corrected chi connectivity index (χ3v) is 6.62. The van der Waals surface area contributed by atoms with Crippen molar-refractivity contribution in [3.05, 3.63) is 21.7 Å². The first-order chi connectivity index (χ1) is 10.5. The molecule has 4 nitrogen and oxygen atoms in total. The molecule has 5 heteroatoms. The van der Waals surface area contributed by atoms with Gasteiger partial charge in [0.15, 0.2) is 0 Å². The standard InChI is InChI=1S/C17H27BrN2O2/c1-20-22-11-17(19)15-9-13(18)4-3-12(15)10-16(17)7-5-14(21-2)6-8-16/h9,14,20H,3-8,10-11,19H2,1-2H3. The van der Waals surface area contributed by atoms with E-state index in [1.807, 2.05) is 7.11 Å². The molecule has 3 aliphatic carbocycles. The number of nitrogens with one attached hydrogen (secondary N) is 1. The number of ether oxygens (including phenoxy) is 1. The molecular weight excluding hydrogens is 344 g/mol. The zero-order chi connectivity index (χ0) is 15.8. The van der Waals surface area contributed by atoms with Gasteiger partial charge in [-0.3, -0.25) is 4.84 Å². The molecule has 1 unspecified atom stereocenters. The van der Waals surface area contributed by atoms with Gasteiger partial charge in [-0.25, -0.2) is 5.48 Å². The van der Waals surface area contributed by atoms with Gasteiger partial charge in [0.25, 0.3) is 0 Å². The molecule has 3 aliphatic rings. The van der Waals surface area contributed by atoms with Crippen LogP contribution in [0.15, 0.2) is 21.7 Å². The molecule has 1 atom stereocenters.